The lowest BCUT2D eigenvalue weighted by molar-refractivity contribution is 0.0756. The molecule has 1 aliphatic rings. The van der Waals surface area contributed by atoms with Crippen molar-refractivity contribution in [3.63, 3.8) is 0 Å². The summed E-state index contributed by atoms with van der Waals surface area (Å²) in [6, 6.07) is 13.3. The molecule has 3 rings (SSSR count). The van der Waals surface area contributed by atoms with Gasteiger partial charge in [0.25, 0.3) is 0 Å². The maximum Gasteiger partial charge on any atom is 0.182 e. The van der Waals surface area contributed by atoms with E-state index in [0.717, 1.165) is 4.47 Å². The molecule has 0 bridgehead atoms. The van der Waals surface area contributed by atoms with Gasteiger partial charge in [-0.05, 0) is 12.1 Å². The monoisotopic (exact) mass is 328 g/mol. The zero-order chi connectivity index (χ0) is 14.3. The molecule has 0 fully saturated rings. The van der Waals surface area contributed by atoms with Crippen molar-refractivity contribution in [2.75, 3.05) is 0 Å². The van der Waals surface area contributed by atoms with E-state index in [0.29, 0.717) is 16.7 Å². The van der Waals surface area contributed by atoms with Gasteiger partial charge in [-0.3, -0.25) is 14.4 Å². The van der Waals surface area contributed by atoms with Gasteiger partial charge in [0.15, 0.2) is 17.3 Å². The molecule has 0 saturated heterocycles. The Morgan fingerprint density at radius 1 is 0.900 bits per heavy atom. The fourth-order valence-corrected chi connectivity index (χ4v) is 2.79. The maximum atomic E-state index is 12.4. The molecule has 98 valence electrons. The minimum atomic E-state index is -1.23. The van der Waals surface area contributed by atoms with Gasteiger partial charge in [0.05, 0.1) is 0 Å². The second-order valence-corrected chi connectivity index (χ2v) is 5.50. The molecule has 0 aromatic heterocycles. The Morgan fingerprint density at radius 3 is 2.05 bits per heavy atom. The molecule has 0 spiro atoms. The molecule has 3 nitrogen and oxygen atoms in total. The highest BCUT2D eigenvalue weighted by Crippen LogP contribution is 2.29. The summed E-state index contributed by atoms with van der Waals surface area (Å²) in [6.45, 7) is 0. The van der Waals surface area contributed by atoms with Crippen LogP contribution in [0.15, 0.2) is 53.0 Å². The first-order chi connectivity index (χ1) is 9.59. The summed E-state index contributed by atoms with van der Waals surface area (Å²) in [5.74, 6) is -2.50. The van der Waals surface area contributed by atoms with Crippen LogP contribution in [-0.2, 0) is 0 Å². The minimum absolute atomic E-state index is 0.339. The molecule has 0 aliphatic heterocycles. The molecule has 4 heteroatoms. The van der Waals surface area contributed by atoms with Crippen molar-refractivity contribution >= 4 is 33.3 Å². The summed E-state index contributed by atoms with van der Waals surface area (Å²) in [5, 5.41) is 0. The first kappa shape index (κ1) is 12.9. The largest absolute Gasteiger partial charge is 0.293 e. The van der Waals surface area contributed by atoms with Crippen molar-refractivity contribution in [1.29, 1.82) is 0 Å². The molecule has 1 aliphatic carbocycles. The normalized spacial score (nSPS) is 14.4. The smallest absolute Gasteiger partial charge is 0.182 e. The highest BCUT2D eigenvalue weighted by atomic mass is 79.9. The number of benzene rings is 2. The van der Waals surface area contributed by atoms with Crippen LogP contribution in [0.25, 0.3) is 0 Å². The van der Waals surface area contributed by atoms with Crippen LogP contribution < -0.4 is 0 Å². The zero-order valence-electron chi connectivity index (χ0n) is 10.3. The molecule has 0 atom stereocenters. The molecule has 0 heterocycles. The van der Waals surface area contributed by atoms with Crippen LogP contribution in [0.2, 0.25) is 0 Å². The SMILES string of the molecule is O=C(c1cccc(Br)c1)C1C(=O)c2ccccc2C1=O. The Balaban J connectivity index is 2.03. The second-order valence-electron chi connectivity index (χ2n) is 4.58. The first-order valence-electron chi connectivity index (χ1n) is 6.07. The van der Waals surface area contributed by atoms with E-state index >= 15 is 0 Å². The maximum absolute atomic E-state index is 12.4. The third kappa shape index (κ3) is 1.93. The van der Waals surface area contributed by atoms with Crippen molar-refractivity contribution in [2.45, 2.75) is 0 Å². The van der Waals surface area contributed by atoms with Gasteiger partial charge in [-0.15, -0.1) is 0 Å². The van der Waals surface area contributed by atoms with E-state index in [9.17, 15) is 14.4 Å². The molecular formula is C16H9BrO3. The molecule has 0 saturated carbocycles. The number of hydrogen-bond donors (Lipinski definition) is 0. The van der Waals surface area contributed by atoms with E-state index in [1.807, 2.05) is 0 Å². The second kappa shape index (κ2) is 4.80. The first-order valence-corrected chi connectivity index (χ1v) is 6.86. The van der Waals surface area contributed by atoms with Crippen LogP contribution in [0.5, 0.6) is 0 Å². The Hall–Kier alpha value is -2.07. The van der Waals surface area contributed by atoms with Gasteiger partial charge in [0.2, 0.25) is 0 Å². The van der Waals surface area contributed by atoms with E-state index in [1.54, 1.807) is 48.5 Å². The van der Waals surface area contributed by atoms with Crippen molar-refractivity contribution in [1.82, 2.24) is 0 Å². The van der Waals surface area contributed by atoms with Gasteiger partial charge in [0, 0.05) is 21.2 Å². The highest BCUT2D eigenvalue weighted by Gasteiger charge is 2.43. The van der Waals surface area contributed by atoms with Crippen molar-refractivity contribution < 1.29 is 14.4 Å². The van der Waals surface area contributed by atoms with Crippen LogP contribution in [0.4, 0.5) is 0 Å². The standard InChI is InChI=1S/C16H9BrO3/c17-10-5-3-4-9(8-10)14(18)13-15(19)11-6-1-2-7-12(11)16(13)20/h1-8,13H. The molecule has 0 unspecified atom stereocenters. The topological polar surface area (TPSA) is 51.2 Å². The Kier molecular flexibility index (Phi) is 3.10. The summed E-state index contributed by atoms with van der Waals surface area (Å²) >= 11 is 3.28. The number of fused-ring (bicyclic) bond motifs is 1. The number of hydrogen-bond acceptors (Lipinski definition) is 3. The minimum Gasteiger partial charge on any atom is -0.293 e. The molecule has 2 aromatic carbocycles. The molecule has 0 radical (unpaired) electrons. The number of rotatable bonds is 2. The summed E-state index contributed by atoms with van der Waals surface area (Å²) in [4.78, 5) is 36.9. The average molecular weight is 329 g/mol. The molecule has 0 N–H and O–H groups in total. The van der Waals surface area contributed by atoms with Crippen molar-refractivity contribution in [3.8, 4) is 0 Å². The third-order valence-corrected chi connectivity index (χ3v) is 3.85. The number of halogens is 1. The lowest BCUT2D eigenvalue weighted by Gasteiger charge is -2.06. The van der Waals surface area contributed by atoms with Crippen molar-refractivity contribution in [3.05, 3.63) is 69.7 Å². The quantitative estimate of drug-likeness (QED) is 0.627. The predicted octanol–water partition coefficient (Wildman–Crippen LogP) is 3.33. The predicted molar refractivity (Wildman–Crippen MR) is 77.1 cm³/mol. The van der Waals surface area contributed by atoms with Crippen LogP contribution in [0.1, 0.15) is 31.1 Å². The van der Waals surface area contributed by atoms with Gasteiger partial charge in [0.1, 0.15) is 5.92 Å². The summed E-state index contributed by atoms with van der Waals surface area (Å²) in [7, 11) is 0. The van der Waals surface area contributed by atoms with Crippen molar-refractivity contribution in [2.24, 2.45) is 5.92 Å². The van der Waals surface area contributed by atoms with E-state index in [2.05, 4.69) is 15.9 Å². The van der Waals surface area contributed by atoms with Gasteiger partial charge in [-0.1, -0.05) is 52.3 Å². The Labute approximate surface area is 123 Å². The van der Waals surface area contributed by atoms with Gasteiger partial charge in [-0.25, -0.2) is 0 Å². The fourth-order valence-electron chi connectivity index (χ4n) is 2.39. The summed E-state index contributed by atoms with van der Waals surface area (Å²) in [6.07, 6.45) is 0. The van der Waals surface area contributed by atoms with E-state index in [-0.39, 0.29) is 0 Å². The number of carbonyl (C=O) groups is 3. The Morgan fingerprint density at radius 2 is 1.50 bits per heavy atom. The zero-order valence-corrected chi connectivity index (χ0v) is 11.9. The van der Waals surface area contributed by atoms with Crippen LogP contribution in [0.3, 0.4) is 0 Å². The number of Topliss-reactive ketones (excluding diaryl/α,β-unsaturated/α-hetero) is 3. The lowest BCUT2D eigenvalue weighted by atomic mass is 9.93. The fraction of sp³-hybridized carbons (Fsp3) is 0.0625. The van der Waals surface area contributed by atoms with Crippen LogP contribution in [0, 0.1) is 5.92 Å². The van der Waals surface area contributed by atoms with E-state index in [1.165, 1.54) is 0 Å². The molecule has 0 amide bonds. The van der Waals surface area contributed by atoms with Crippen LogP contribution in [-0.4, -0.2) is 17.3 Å². The summed E-state index contributed by atoms with van der Waals surface area (Å²) < 4.78 is 0.735. The van der Waals surface area contributed by atoms with E-state index < -0.39 is 23.3 Å². The van der Waals surface area contributed by atoms with E-state index in [4.69, 9.17) is 0 Å². The van der Waals surface area contributed by atoms with Gasteiger partial charge >= 0.3 is 0 Å². The van der Waals surface area contributed by atoms with Gasteiger partial charge < -0.3 is 0 Å². The summed E-state index contributed by atoms with van der Waals surface area (Å²) in [5.41, 5.74) is 1.04. The lowest BCUT2D eigenvalue weighted by Crippen LogP contribution is -2.25. The Bertz CT molecular complexity index is 714. The third-order valence-electron chi connectivity index (χ3n) is 3.35. The highest BCUT2D eigenvalue weighted by molar-refractivity contribution is 9.10. The number of carbonyl (C=O) groups excluding carboxylic acids is 3. The molecule has 20 heavy (non-hydrogen) atoms. The average Bonchev–Trinajstić information content (AvgIpc) is 2.71. The number of ketones is 3. The van der Waals surface area contributed by atoms with Crippen LogP contribution >= 0.6 is 15.9 Å². The molecule has 2 aromatic rings. The van der Waals surface area contributed by atoms with Gasteiger partial charge in [-0.2, -0.15) is 0 Å². The molecular weight excluding hydrogens is 320 g/mol.